The molecule has 2 nitrogen and oxygen atoms in total. The van der Waals surface area contributed by atoms with Gasteiger partial charge in [-0.3, -0.25) is 0 Å². The van der Waals surface area contributed by atoms with Crippen LogP contribution in [0.1, 0.15) is 5.56 Å². The molecule has 94 valence electrons. The molecule has 0 radical (unpaired) electrons. The van der Waals surface area contributed by atoms with Gasteiger partial charge in [0, 0.05) is 21.2 Å². The predicted molar refractivity (Wildman–Crippen MR) is 78.4 cm³/mol. The second kappa shape index (κ2) is 6.03. The van der Waals surface area contributed by atoms with E-state index < -0.39 is 0 Å². The standard InChI is InChI=1S/C14H14ClNOS/c1-18-13-6-4-12(5-7-13)17-9-10-2-3-11(15)8-14(10)16/h2-8H,9,16H2,1H3. The molecule has 2 aromatic carbocycles. The molecule has 0 aromatic heterocycles. The highest BCUT2D eigenvalue weighted by molar-refractivity contribution is 7.98. The summed E-state index contributed by atoms with van der Waals surface area (Å²) < 4.78 is 5.68. The first-order chi connectivity index (χ1) is 8.69. The van der Waals surface area contributed by atoms with Crippen LogP contribution in [-0.2, 0) is 6.61 Å². The number of benzene rings is 2. The van der Waals surface area contributed by atoms with Crippen LogP contribution in [0.3, 0.4) is 0 Å². The average Bonchev–Trinajstić information content (AvgIpc) is 2.38. The van der Waals surface area contributed by atoms with E-state index in [-0.39, 0.29) is 0 Å². The molecule has 0 spiro atoms. The minimum Gasteiger partial charge on any atom is -0.489 e. The first-order valence-electron chi connectivity index (χ1n) is 5.50. The lowest BCUT2D eigenvalue weighted by Crippen LogP contribution is -2.00. The van der Waals surface area contributed by atoms with E-state index in [4.69, 9.17) is 22.1 Å². The first-order valence-corrected chi connectivity index (χ1v) is 7.10. The molecule has 0 saturated heterocycles. The summed E-state index contributed by atoms with van der Waals surface area (Å²) in [5, 5.41) is 0.639. The van der Waals surface area contributed by atoms with Gasteiger partial charge in [-0.15, -0.1) is 11.8 Å². The van der Waals surface area contributed by atoms with Crippen molar-refractivity contribution in [3.05, 3.63) is 53.1 Å². The van der Waals surface area contributed by atoms with Gasteiger partial charge < -0.3 is 10.5 Å². The van der Waals surface area contributed by atoms with Gasteiger partial charge in [0.2, 0.25) is 0 Å². The van der Waals surface area contributed by atoms with Crippen LogP contribution < -0.4 is 10.5 Å². The smallest absolute Gasteiger partial charge is 0.119 e. The van der Waals surface area contributed by atoms with E-state index in [9.17, 15) is 0 Å². The molecule has 4 heteroatoms. The Kier molecular flexibility index (Phi) is 4.39. The lowest BCUT2D eigenvalue weighted by Gasteiger charge is -2.09. The topological polar surface area (TPSA) is 35.2 Å². The van der Waals surface area contributed by atoms with Crippen LogP contribution in [0.25, 0.3) is 0 Å². The van der Waals surface area contributed by atoms with E-state index in [2.05, 4.69) is 0 Å². The van der Waals surface area contributed by atoms with E-state index in [0.29, 0.717) is 17.3 Å². The van der Waals surface area contributed by atoms with E-state index in [1.54, 1.807) is 17.8 Å². The zero-order valence-corrected chi connectivity index (χ0v) is 11.6. The van der Waals surface area contributed by atoms with Crippen LogP contribution in [-0.4, -0.2) is 6.26 Å². The van der Waals surface area contributed by atoms with Crippen LogP contribution in [0.5, 0.6) is 5.75 Å². The van der Waals surface area contributed by atoms with Crippen LogP contribution >= 0.6 is 23.4 Å². The van der Waals surface area contributed by atoms with Crippen molar-refractivity contribution in [2.75, 3.05) is 12.0 Å². The van der Waals surface area contributed by atoms with E-state index >= 15 is 0 Å². The van der Waals surface area contributed by atoms with Gasteiger partial charge in [0.25, 0.3) is 0 Å². The molecule has 0 heterocycles. The molecule has 0 amide bonds. The fraction of sp³-hybridized carbons (Fsp3) is 0.143. The summed E-state index contributed by atoms with van der Waals surface area (Å²) in [6.45, 7) is 0.446. The van der Waals surface area contributed by atoms with Crippen LogP contribution in [0.2, 0.25) is 5.02 Å². The van der Waals surface area contributed by atoms with Crippen molar-refractivity contribution in [2.24, 2.45) is 0 Å². The highest BCUT2D eigenvalue weighted by atomic mass is 35.5. The summed E-state index contributed by atoms with van der Waals surface area (Å²) >= 11 is 7.55. The van der Waals surface area contributed by atoms with Crippen molar-refractivity contribution in [1.29, 1.82) is 0 Å². The number of halogens is 1. The normalized spacial score (nSPS) is 10.3. The molecule has 0 fully saturated rings. The number of rotatable bonds is 4. The van der Waals surface area contributed by atoms with E-state index in [1.165, 1.54) is 4.90 Å². The molecule has 0 aliphatic heterocycles. The van der Waals surface area contributed by atoms with Crippen molar-refractivity contribution in [3.63, 3.8) is 0 Å². The summed E-state index contributed by atoms with van der Waals surface area (Å²) in [5.74, 6) is 0.835. The molecule has 2 rings (SSSR count). The average molecular weight is 280 g/mol. The molecule has 0 aliphatic carbocycles. The van der Waals surface area contributed by atoms with Gasteiger partial charge in [0.1, 0.15) is 12.4 Å². The van der Waals surface area contributed by atoms with Gasteiger partial charge in [-0.25, -0.2) is 0 Å². The Balaban J connectivity index is 2.02. The Labute approximate surface area is 116 Å². The molecule has 0 atom stereocenters. The van der Waals surface area contributed by atoms with Crippen molar-refractivity contribution >= 4 is 29.1 Å². The third-order valence-corrected chi connectivity index (χ3v) is 3.54. The Morgan fingerprint density at radius 3 is 2.50 bits per heavy atom. The van der Waals surface area contributed by atoms with E-state index in [0.717, 1.165) is 11.3 Å². The number of thioether (sulfide) groups is 1. The van der Waals surface area contributed by atoms with Gasteiger partial charge in [0.15, 0.2) is 0 Å². The summed E-state index contributed by atoms with van der Waals surface area (Å²) in [6, 6.07) is 13.4. The van der Waals surface area contributed by atoms with E-state index in [1.807, 2.05) is 42.7 Å². The Hall–Kier alpha value is -1.32. The Bertz CT molecular complexity index is 528. The third kappa shape index (κ3) is 3.34. The van der Waals surface area contributed by atoms with Crippen molar-refractivity contribution in [3.8, 4) is 5.75 Å². The monoisotopic (exact) mass is 279 g/mol. The molecular formula is C14H14ClNOS. The quantitative estimate of drug-likeness (QED) is 0.672. The number of nitrogens with two attached hydrogens (primary N) is 1. The molecule has 0 aliphatic rings. The molecule has 0 bridgehead atoms. The lowest BCUT2D eigenvalue weighted by atomic mass is 10.2. The van der Waals surface area contributed by atoms with Crippen LogP contribution in [0.15, 0.2) is 47.4 Å². The fourth-order valence-corrected chi connectivity index (χ4v) is 2.12. The zero-order valence-electron chi connectivity index (χ0n) is 10.0. The lowest BCUT2D eigenvalue weighted by molar-refractivity contribution is 0.306. The maximum atomic E-state index is 5.86. The van der Waals surface area contributed by atoms with Crippen molar-refractivity contribution in [2.45, 2.75) is 11.5 Å². The summed E-state index contributed by atoms with van der Waals surface area (Å²) in [6.07, 6.45) is 2.05. The molecular weight excluding hydrogens is 266 g/mol. The zero-order chi connectivity index (χ0) is 13.0. The predicted octanol–water partition coefficient (Wildman–Crippen LogP) is 4.22. The van der Waals surface area contributed by atoms with Crippen LogP contribution in [0.4, 0.5) is 5.69 Å². The highest BCUT2D eigenvalue weighted by Crippen LogP contribution is 2.22. The maximum Gasteiger partial charge on any atom is 0.119 e. The van der Waals surface area contributed by atoms with Crippen LogP contribution in [0, 0.1) is 0 Å². The fourth-order valence-electron chi connectivity index (χ4n) is 1.53. The summed E-state index contributed by atoms with van der Waals surface area (Å²) in [4.78, 5) is 1.22. The van der Waals surface area contributed by atoms with Gasteiger partial charge in [-0.2, -0.15) is 0 Å². The van der Waals surface area contributed by atoms with Crippen molar-refractivity contribution in [1.82, 2.24) is 0 Å². The van der Waals surface area contributed by atoms with Gasteiger partial charge in [0.05, 0.1) is 0 Å². The number of hydrogen-bond acceptors (Lipinski definition) is 3. The summed E-state index contributed by atoms with van der Waals surface area (Å²) in [5.41, 5.74) is 7.46. The number of ether oxygens (including phenoxy) is 1. The third-order valence-electron chi connectivity index (χ3n) is 2.56. The number of anilines is 1. The van der Waals surface area contributed by atoms with Gasteiger partial charge in [-0.1, -0.05) is 17.7 Å². The number of nitrogen functional groups attached to an aromatic ring is 1. The molecule has 2 N–H and O–H groups in total. The first kappa shape index (κ1) is 13.1. The molecule has 0 saturated carbocycles. The minimum atomic E-state index is 0.446. The highest BCUT2D eigenvalue weighted by Gasteiger charge is 2.01. The second-order valence-corrected chi connectivity index (χ2v) is 5.12. The maximum absolute atomic E-state index is 5.86. The Morgan fingerprint density at radius 1 is 1.17 bits per heavy atom. The minimum absolute atomic E-state index is 0.446. The largest absolute Gasteiger partial charge is 0.489 e. The SMILES string of the molecule is CSc1ccc(OCc2ccc(Cl)cc2N)cc1. The Morgan fingerprint density at radius 2 is 1.89 bits per heavy atom. The second-order valence-electron chi connectivity index (χ2n) is 3.81. The molecule has 18 heavy (non-hydrogen) atoms. The van der Waals surface area contributed by atoms with Gasteiger partial charge >= 0.3 is 0 Å². The van der Waals surface area contributed by atoms with Crippen molar-refractivity contribution < 1.29 is 4.74 Å². The van der Waals surface area contributed by atoms with Gasteiger partial charge in [-0.05, 0) is 42.7 Å². The molecule has 0 unspecified atom stereocenters. The number of hydrogen-bond donors (Lipinski definition) is 1. The molecule has 2 aromatic rings. The summed E-state index contributed by atoms with van der Waals surface area (Å²) in [7, 11) is 0.